The van der Waals surface area contributed by atoms with Gasteiger partial charge in [-0.15, -0.1) is 19.1 Å². The minimum Gasteiger partial charge on any atom is -0.322 e. The number of amides is 1. The average molecular weight is 253 g/mol. The maximum atomic E-state index is 12.0. The molecule has 88 valence electrons. The normalized spacial score (nSPS) is 9.56. The molecule has 0 radical (unpaired) electrons. The summed E-state index contributed by atoms with van der Waals surface area (Å²) in [5, 5.41) is 2.79. The molecule has 0 unspecified atom stereocenters. The number of rotatable bonds is 2. The lowest BCUT2D eigenvalue weighted by atomic mass is 10.2. The summed E-state index contributed by atoms with van der Waals surface area (Å²) < 4.78 is 0. The van der Waals surface area contributed by atoms with Crippen LogP contribution in [0.15, 0.2) is 53.4 Å². The molecule has 2 nitrogen and oxygen atoms in total. The lowest BCUT2D eigenvalue weighted by Gasteiger charge is -2.06. The van der Waals surface area contributed by atoms with E-state index in [-0.39, 0.29) is 5.91 Å². The lowest BCUT2D eigenvalue weighted by Crippen LogP contribution is -2.11. The van der Waals surface area contributed by atoms with Crippen molar-refractivity contribution in [3.05, 3.63) is 59.7 Å². The van der Waals surface area contributed by atoms with Gasteiger partial charge in [0.2, 0.25) is 0 Å². The van der Waals surface area contributed by atoms with Crippen LogP contribution < -0.4 is 5.32 Å². The molecule has 0 atom stereocenters. The number of hydrogen-bond acceptors (Lipinski definition) is 2. The molecule has 0 aliphatic carbocycles. The summed E-state index contributed by atoms with van der Waals surface area (Å²) in [5.74, 6) is 2.35. The Hall–Kier alpha value is -2.18. The number of anilines is 1. The monoisotopic (exact) mass is 253 g/mol. The number of thiol groups is 1. The first-order valence-electron chi connectivity index (χ1n) is 5.36. The summed E-state index contributed by atoms with van der Waals surface area (Å²) in [7, 11) is 0. The molecule has 0 fully saturated rings. The molecule has 2 rings (SSSR count). The Kier molecular flexibility index (Phi) is 3.71. The predicted octanol–water partition coefficient (Wildman–Crippen LogP) is 3.21. The van der Waals surface area contributed by atoms with Crippen molar-refractivity contribution in [2.24, 2.45) is 0 Å². The number of benzene rings is 2. The van der Waals surface area contributed by atoms with Crippen molar-refractivity contribution in [2.75, 3.05) is 5.32 Å². The van der Waals surface area contributed by atoms with Gasteiger partial charge in [-0.25, -0.2) is 0 Å². The van der Waals surface area contributed by atoms with Crippen molar-refractivity contribution in [1.29, 1.82) is 0 Å². The molecule has 0 spiro atoms. The fourth-order valence-corrected chi connectivity index (χ4v) is 1.76. The summed E-state index contributed by atoms with van der Waals surface area (Å²) in [6, 6.07) is 14.2. The molecule has 2 aromatic rings. The van der Waals surface area contributed by atoms with Crippen molar-refractivity contribution < 1.29 is 4.79 Å². The number of terminal acetylenes is 1. The Bertz CT molecular complexity index is 628. The van der Waals surface area contributed by atoms with E-state index < -0.39 is 0 Å². The molecule has 3 heteroatoms. The molecule has 0 aliphatic heterocycles. The SMILES string of the molecule is C#Cc1cccc(NC(=O)c2cccc(S)c2)c1. The van der Waals surface area contributed by atoms with Crippen molar-refractivity contribution >= 4 is 24.2 Å². The second kappa shape index (κ2) is 5.44. The first kappa shape index (κ1) is 12.3. The molecule has 0 heterocycles. The van der Waals surface area contributed by atoms with Gasteiger partial charge in [-0.2, -0.15) is 0 Å². The van der Waals surface area contributed by atoms with Gasteiger partial charge in [-0.1, -0.05) is 18.1 Å². The molecule has 0 saturated carbocycles. The fourth-order valence-electron chi connectivity index (χ4n) is 1.54. The zero-order chi connectivity index (χ0) is 13.0. The van der Waals surface area contributed by atoms with Crippen molar-refractivity contribution in [3.8, 4) is 12.3 Å². The van der Waals surface area contributed by atoms with Gasteiger partial charge in [-0.3, -0.25) is 4.79 Å². The molecular formula is C15H11NOS. The smallest absolute Gasteiger partial charge is 0.255 e. The van der Waals surface area contributed by atoms with Crippen LogP contribution in [0.25, 0.3) is 0 Å². The van der Waals surface area contributed by atoms with Crippen LogP contribution in [0.4, 0.5) is 5.69 Å². The van der Waals surface area contributed by atoms with Gasteiger partial charge < -0.3 is 5.32 Å². The van der Waals surface area contributed by atoms with Crippen LogP contribution in [0.3, 0.4) is 0 Å². The van der Waals surface area contributed by atoms with Crippen LogP contribution in [0.2, 0.25) is 0 Å². The second-order valence-electron chi connectivity index (χ2n) is 3.73. The van der Waals surface area contributed by atoms with Gasteiger partial charge in [0.05, 0.1) is 0 Å². The van der Waals surface area contributed by atoms with E-state index in [0.29, 0.717) is 11.3 Å². The van der Waals surface area contributed by atoms with Crippen LogP contribution >= 0.6 is 12.6 Å². The topological polar surface area (TPSA) is 29.1 Å². The quantitative estimate of drug-likeness (QED) is 0.624. The number of carbonyl (C=O) groups excluding carboxylic acids is 1. The maximum absolute atomic E-state index is 12.0. The minimum atomic E-state index is -0.180. The molecule has 18 heavy (non-hydrogen) atoms. The molecule has 0 saturated heterocycles. The van der Waals surface area contributed by atoms with E-state index in [9.17, 15) is 4.79 Å². The van der Waals surface area contributed by atoms with Crippen molar-refractivity contribution in [2.45, 2.75) is 4.90 Å². The summed E-state index contributed by atoms with van der Waals surface area (Å²) in [6.07, 6.45) is 5.31. The fraction of sp³-hybridized carbons (Fsp3) is 0. The van der Waals surface area contributed by atoms with E-state index in [4.69, 9.17) is 6.42 Å². The zero-order valence-corrected chi connectivity index (χ0v) is 10.4. The summed E-state index contributed by atoms with van der Waals surface area (Å²) in [5.41, 5.74) is 1.98. The Morgan fingerprint density at radius 2 is 1.94 bits per heavy atom. The second-order valence-corrected chi connectivity index (χ2v) is 4.25. The average Bonchev–Trinajstić information content (AvgIpc) is 2.39. The van der Waals surface area contributed by atoms with E-state index >= 15 is 0 Å². The first-order chi connectivity index (χ1) is 8.69. The molecule has 1 amide bonds. The highest BCUT2D eigenvalue weighted by molar-refractivity contribution is 7.80. The molecule has 2 aromatic carbocycles. The van der Waals surface area contributed by atoms with Gasteiger partial charge in [-0.05, 0) is 36.4 Å². The number of hydrogen-bond donors (Lipinski definition) is 2. The highest BCUT2D eigenvalue weighted by atomic mass is 32.1. The number of nitrogens with one attached hydrogen (secondary N) is 1. The Morgan fingerprint density at radius 1 is 1.17 bits per heavy atom. The molecular weight excluding hydrogens is 242 g/mol. The van der Waals surface area contributed by atoms with Gasteiger partial charge >= 0.3 is 0 Å². The van der Waals surface area contributed by atoms with Crippen LogP contribution in [0, 0.1) is 12.3 Å². The largest absolute Gasteiger partial charge is 0.322 e. The van der Waals surface area contributed by atoms with Crippen LogP contribution in [-0.4, -0.2) is 5.91 Å². The Labute approximate surface area is 111 Å². The minimum absolute atomic E-state index is 0.180. The van der Waals surface area contributed by atoms with Gasteiger partial charge in [0.25, 0.3) is 5.91 Å². The molecule has 0 aliphatic rings. The van der Waals surface area contributed by atoms with Gasteiger partial charge in [0, 0.05) is 21.7 Å². The van der Waals surface area contributed by atoms with Crippen LogP contribution in [-0.2, 0) is 0 Å². The van der Waals surface area contributed by atoms with Crippen LogP contribution in [0.1, 0.15) is 15.9 Å². The molecule has 0 aromatic heterocycles. The Morgan fingerprint density at radius 3 is 2.67 bits per heavy atom. The van der Waals surface area contributed by atoms with E-state index in [1.807, 2.05) is 12.1 Å². The highest BCUT2D eigenvalue weighted by Gasteiger charge is 2.06. The van der Waals surface area contributed by atoms with E-state index in [0.717, 1.165) is 10.5 Å². The van der Waals surface area contributed by atoms with E-state index in [1.165, 1.54) is 0 Å². The molecule has 1 N–H and O–H groups in total. The first-order valence-corrected chi connectivity index (χ1v) is 5.81. The van der Waals surface area contributed by atoms with E-state index in [1.54, 1.807) is 36.4 Å². The third kappa shape index (κ3) is 2.93. The van der Waals surface area contributed by atoms with Crippen LogP contribution in [0.5, 0.6) is 0 Å². The third-order valence-electron chi connectivity index (χ3n) is 2.40. The maximum Gasteiger partial charge on any atom is 0.255 e. The Balaban J connectivity index is 2.19. The van der Waals surface area contributed by atoms with Crippen molar-refractivity contribution in [1.82, 2.24) is 0 Å². The summed E-state index contributed by atoms with van der Waals surface area (Å²) >= 11 is 4.20. The number of carbonyl (C=O) groups is 1. The predicted molar refractivity (Wildman–Crippen MR) is 76.0 cm³/mol. The summed E-state index contributed by atoms with van der Waals surface area (Å²) in [6.45, 7) is 0. The standard InChI is InChI=1S/C15H11NOS/c1-2-11-5-3-7-13(9-11)16-15(17)12-6-4-8-14(18)10-12/h1,3-10,18H,(H,16,17). The molecule has 0 bridgehead atoms. The third-order valence-corrected chi connectivity index (χ3v) is 2.67. The lowest BCUT2D eigenvalue weighted by molar-refractivity contribution is 0.102. The highest BCUT2D eigenvalue weighted by Crippen LogP contribution is 2.13. The van der Waals surface area contributed by atoms with Crippen molar-refractivity contribution in [3.63, 3.8) is 0 Å². The summed E-state index contributed by atoms with van der Waals surface area (Å²) in [4.78, 5) is 12.7. The zero-order valence-electron chi connectivity index (χ0n) is 9.55. The van der Waals surface area contributed by atoms with Gasteiger partial charge in [0.15, 0.2) is 0 Å². The van der Waals surface area contributed by atoms with Gasteiger partial charge in [0.1, 0.15) is 0 Å². The van der Waals surface area contributed by atoms with E-state index in [2.05, 4.69) is 23.9 Å².